The molecule has 1 unspecified atom stereocenters. The SMILES string of the molecule is CC(C)(C)c1ccc(C2(C)NC(=O)N(CC(=O)N3CCC(Cc4ccccc4)CC3)C2=O)cc1. The van der Waals surface area contributed by atoms with E-state index in [4.69, 9.17) is 0 Å². The van der Waals surface area contributed by atoms with Crippen LogP contribution < -0.4 is 5.32 Å². The van der Waals surface area contributed by atoms with E-state index in [9.17, 15) is 14.4 Å². The quantitative estimate of drug-likeness (QED) is 0.678. The molecule has 1 atom stereocenters. The molecule has 0 spiro atoms. The molecule has 0 aliphatic carbocycles. The van der Waals surface area contributed by atoms with Gasteiger partial charge in [-0.2, -0.15) is 0 Å². The van der Waals surface area contributed by atoms with Crippen LogP contribution in [0.15, 0.2) is 54.6 Å². The molecule has 6 heteroatoms. The summed E-state index contributed by atoms with van der Waals surface area (Å²) in [6.07, 6.45) is 2.87. The summed E-state index contributed by atoms with van der Waals surface area (Å²) in [6, 6.07) is 17.7. The van der Waals surface area contributed by atoms with Crippen LogP contribution in [0.4, 0.5) is 4.79 Å². The number of carbonyl (C=O) groups excluding carboxylic acids is 3. The molecule has 1 N–H and O–H groups in total. The number of imide groups is 1. The lowest BCUT2D eigenvalue weighted by Gasteiger charge is -2.33. The molecule has 0 bridgehead atoms. The van der Waals surface area contributed by atoms with Crippen molar-refractivity contribution in [1.29, 1.82) is 0 Å². The molecule has 2 aromatic rings. The van der Waals surface area contributed by atoms with Crippen LogP contribution in [-0.2, 0) is 27.0 Å². The Morgan fingerprint density at radius 1 is 1.00 bits per heavy atom. The molecular weight excluding hydrogens is 426 g/mol. The fourth-order valence-electron chi connectivity index (χ4n) is 4.91. The van der Waals surface area contributed by atoms with E-state index in [1.807, 2.05) is 30.3 Å². The van der Waals surface area contributed by atoms with E-state index < -0.39 is 11.6 Å². The van der Waals surface area contributed by atoms with E-state index in [1.54, 1.807) is 11.8 Å². The van der Waals surface area contributed by atoms with Crippen LogP contribution in [0.2, 0.25) is 0 Å². The first-order chi connectivity index (χ1) is 16.1. The Bertz CT molecular complexity index is 1050. The maximum atomic E-state index is 13.3. The molecule has 2 aliphatic rings. The van der Waals surface area contributed by atoms with Gasteiger partial charge in [0.15, 0.2) is 0 Å². The summed E-state index contributed by atoms with van der Waals surface area (Å²) in [4.78, 5) is 41.8. The monoisotopic (exact) mass is 461 g/mol. The third-order valence-electron chi connectivity index (χ3n) is 7.23. The Morgan fingerprint density at radius 2 is 1.62 bits per heavy atom. The molecule has 6 nitrogen and oxygen atoms in total. The van der Waals surface area contributed by atoms with Gasteiger partial charge in [0, 0.05) is 13.1 Å². The minimum absolute atomic E-state index is 0.00459. The summed E-state index contributed by atoms with van der Waals surface area (Å²) in [5.74, 6) is -0.00940. The minimum Gasteiger partial charge on any atom is -0.341 e. The number of nitrogens with zero attached hydrogens (tertiary/aromatic N) is 2. The number of piperidine rings is 1. The first-order valence-electron chi connectivity index (χ1n) is 12.1. The fourth-order valence-corrected chi connectivity index (χ4v) is 4.91. The van der Waals surface area contributed by atoms with Crippen LogP contribution in [0, 0.1) is 5.92 Å². The average molecular weight is 462 g/mol. The van der Waals surface area contributed by atoms with Crippen molar-refractivity contribution in [2.45, 2.75) is 57.9 Å². The summed E-state index contributed by atoms with van der Waals surface area (Å²) in [6.45, 7) is 9.19. The van der Waals surface area contributed by atoms with Gasteiger partial charge in [-0.05, 0) is 54.2 Å². The molecule has 0 aromatic heterocycles. The normalized spacial score (nSPS) is 21.6. The van der Waals surface area contributed by atoms with Crippen LogP contribution >= 0.6 is 0 Å². The molecule has 0 saturated carbocycles. The van der Waals surface area contributed by atoms with E-state index in [1.165, 1.54) is 5.56 Å². The first-order valence-corrected chi connectivity index (χ1v) is 12.1. The standard InChI is InChI=1S/C28H35N3O3/c1-27(2,3)22-10-12-23(13-11-22)28(4)25(33)31(26(34)29-28)19-24(32)30-16-14-21(15-17-30)18-20-8-6-5-7-9-20/h5-13,21H,14-19H2,1-4H3,(H,29,34). The van der Waals surface area contributed by atoms with Crippen LogP contribution in [0.3, 0.4) is 0 Å². The molecule has 2 aromatic carbocycles. The van der Waals surface area contributed by atoms with Crippen molar-refractivity contribution in [3.63, 3.8) is 0 Å². The highest BCUT2D eigenvalue weighted by Gasteiger charge is 2.49. The minimum atomic E-state index is -1.17. The van der Waals surface area contributed by atoms with Gasteiger partial charge in [0.25, 0.3) is 5.91 Å². The van der Waals surface area contributed by atoms with Crippen LogP contribution in [-0.4, -0.2) is 47.3 Å². The van der Waals surface area contributed by atoms with Crippen molar-refractivity contribution in [1.82, 2.24) is 15.1 Å². The third kappa shape index (κ3) is 4.86. The van der Waals surface area contributed by atoms with E-state index >= 15 is 0 Å². The molecule has 2 fully saturated rings. The van der Waals surface area contributed by atoms with Gasteiger partial charge in [-0.1, -0.05) is 75.4 Å². The Hall–Kier alpha value is -3.15. The second kappa shape index (κ2) is 9.24. The summed E-state index contributed by atoms with van der Waals surface area (Å²) < 4.78 is 0. The average Bonchev–Trinajstić information content (AvgIpc) is 3.03. The van der Waals surface area contributed by atoms with Gasteiger partial charge in [0.2, 0.25) is 5.91 Å². The Balaban J connectivity index is 1.36. The number of carbonyl (C=O) groups is 3. The molecule has 2 saturated heterocycles. The highest BCUT2D eigenvalue weighted by Crippen LogP contribution is 2.31. The van der Waals surface area contributed by atoms with E-state index in [-0.39, 0.29) is 23.8 Å². The highest BCUT2D eigenvalue weighted by atomic mass is 16.2. The maximum Gasteiger partial charge on any atom is 0.325 e. The van der Waals surface area contributed by atoms with Crippen molar-refractivity contribution in [2.75, 3.05) is 19.6 Å². The van der Waals surface area contributed by atoms with Gasteiger partial charge < -0.3 is 10.2 Å². The Morgan fingerprint density at radius 3 is 2.21 bits per heavy atom. The van der Waals surface area contributed by atoms with Crippen molar-refractivity contribution >= 4 is 17.8 Å². The van der Waals surface area contributed by atoms with Gasteiger partial charge in [-0.3, -0.25) is 14.5 Å². The van der Waals surface area contributed by atoms with Crippen LogP contribution in [0.25, 0.3) is 0 Å². The van der Waals surface area contributed by atoms with E-state index in [0.717, 1.165) is 35.3 Å². The summed E-state index contributed by atoms with van der Waals surface area (Å²) in [7, 11) is 0. The summed E-state index contributed by atoms with van der Waals surface area (Å²) in [5.41, 5.74) is 2.02. The second-order valence-electron chi connectivity index (χ2n) is 10.8. The predicted octanol–water partition coefficient (Wildman–Crippen LogP) is 4.23. The first kappa shape index (κ1) is 24.0. The molecule has 34 heavy (non-hydrogen) atoms. The van der Waals surface area contributed by atoms with Crippen molar-refractivity contribution in [2.24, 2.45) is 5.92 Å². The summed E-state index contributed by atoms with van der Waals surface area (Å²) >= 11 is 0. The zero-order valence-electron chi connectivity index (χ0n) is 20.6. The lowest BCUT2D eigenvalue weighted by atomic mass is 9.84. The maximum absolute atomic E-state index is 13.3. The van der Waals surface area contributed by atoms with Gasteiger partial charge in [0.05, 0.1) is 0 Å². The van der Waals surface area contributed by atoms with E-state index in [2.05, 4.69) is 50.4 Å². The van der Waals surface area contributed by atoms with Crippen molar-refractivity contribution < 1.29 is 14.4 Å². The number of likely N-dealkylation sites (tertiary alicyclic amines) is 1. The van der Waals surface area contributed by atoms with Crippen LogP contribution in [0.5, 0.6) is 0 Å². The molecule has 2 heterocycles. The lowest BCUT2D eigenvalue weighted by molar-refractivity contribution is -0.139. The second-order valence-corrected chi connectivity index (χ2v) is 10.8. The zero-order chi connectivity index (χ0) is 24.5. The highest BCUT2D eigenvalue weighted by molar-refractivity contribution is 6.09. The van der Waals surface area contributed by atoms with Gasteiger partial charge in [0.1, 0.15) is 12.1 Å². The third-order valence-corrected chi connectivity index (χ3v) is 7.23. The largest absolute Gasteiger partial charge is 0.341 e. The number of hydrogen-bond donors (Lipinski definition) is 1. The predicted molar refractivity (Wildman–Crippen MR) is 132 cm³/mol. The molecule has 4 rings (SSSR count). The van der Waals surface area contributed by atoms with Gasteiger partial charge in [-0.25, -0.2) is 4.79 Å². The topological polar surface area (TPSA) is 69.7 Å². The molecule has 0 radical (unpaired) electrons. The number of hydrogen-bond acceptors (Lipinski definition) is 3. The van der Waals surface area contributed by atoms with E-state index in [0.29, 0.717) is 19.0 Å². The number of amides is 4. The molecule has 2 aliphatic heterocycles. The number of rotatable bonds is 5. The van der Waals surface area contributed by atoms with Crippen LogP contribution in [0.1, 0.15) is 57.2 Å². The smallest absolute Gasteiger partial charge is 0.325 e. The fraction of sp³-hybridized carbons (Fsp3) is 0.464. The number of urea groups is 1. The zero-order valence-corrected chi connectivity index (χ0v) is 20.6. The van der Waals surface area contributed by atoms with Crippen molar-refractivity contribution in [3.05, 3.63) is 71.3 Å². The Kier molecular flexibility index (Phi) is 6.52. The summed E-state index contributed by atoms with van der Waals surface area (Å²) in [5, 5.41) is 2.81. The molecule has 4 amide bonds. The Labute approximate surface area is 202 Å². The number of nitrogens with one attached hydrogen (secondary N) is 1. The lowest BCUT2D eigenvalue weighted by Crippen LogP contribution is -2.46. The number of benzene rings is 2. The van der Waals surface area contributed by atoms with Gasteiger partial charge >= 0.3 is 6.03 Å². The molecule has 180 valence electrons. The van der Waals surface area contributed by atoms with Gasteiger partial charge in [-0.15, -0.1) is 0 Å². The van der Waals surface area contributed by atoms with Crippen molar-refractivity contribution in [3.8, 4) is 0 Å². The molecular formula is C28H35N3O3.